The molecular formula is C12H20N4O. The standard InChI is InChI=1S/C12H20N4O/c1-9-6-10(7-16(9)11-2-3-11)13-5-4-12-14-8-15-17-12/h8-11,13H,2-7H2,1H3. The van der Waals surface area contributed by atoms with E-state index in [0.29, 0.717) is 6.04 Å². The van der Waals surface area contributed by atoms with Crippen molar-refractivity contribution in [3.05, 3.63) is 12.2 Å². The van der Waals surface area contributed by atoms with Gasteiger partial charge in [0.25, 0.3) is 0 Å². The first-order chi connectivity index (χ1) is 8.33. The predicted molar refractivity (Wildman–Crippen MR) is 63.6 cm³/mol. The molecule has 5 heteroatoms. The van der Waals surface area contributed by atoms with Crippen molar-refractivity contribution in [1.82, 2.24) is 20.4 Å². The Kier molecular flexibility index (Phi) is 3.11. The molecule has 2 fully saturated rings. The van der Waals surface area contributed by atoms with E-state index in [1.165, 1.54) is 32.1 Å². The van der Waals surface area contributed by atoms with Gasteiger partial charge in [-0.1, -0.05) is 5.16 Å². The molecule has 0 amide bonds. The number of hydrogen-bond acceptors (Lipinski definition) is 5. The van der Waals surface area contributed by atoms with Crippen LogP contribution in [-0.2, 0) is 6.42 Å². The van der Waals surface area contributed by atoms with Crippen LogP contribution in [0.2, 0.25) is 0 Å². The van der Waals surface area contributed by atoms with Crippen LogP contribution in [0, 0.1) is 0 Å². The summed E-state index contributed by atoms with van der Waals surface area (Å²) in [4.78, 5) is 6.68. The molecule has 17 heavy (non-hydrogen) atoms. The molecule has 2 atom stereocenters. The number of hydrogen-bond donors (Lipinski definition) is 1. The molecule has 5 nitrogen and oxygen atoms in total. The topological polar surface area (TPSA) is 54.2 Å². The second-order valence-corrected chi connectivity index (χ2v) is 5.25. The van der Waals surface area contributed by atoms with Gasteiger partial charge in [-0.3, -0.25) is 4.90 Å². The van der Waals surface area contributed by atoms with Crippen LogP contribution in [0.15, 0.2) is 10.9 Å². The number of aromatic nitrogens is 2. The summed E-state index contributed by atoms with van der Waals surface area (Å²) in [6, 6.07) is 2.25. The second-order valence-electron chi connectivity index (χ2n) is 5.25. The molecular weight excluding hydrogens is 216 g/mol. The van der Waals surface area contributed by atoms with Crippen LogP contribution in [0.25, 0.3) is 0 Å². The fourth-order valence-corrected chi connectivity index (χ4v) is 2.81. The van der Waals surface area contributed by atoms with Crippen molar-refractivity contribution in [1.29, 1.82) is 0 Å². The molecule has 2 aliphatic rings. The van der Waals surface area contributed by atoms with Gasteiger partial charge in [-0.05, 0) is 26.2 Å². The van der Waals surface area contributed by atoms with E-state index >= 15 is 0 Å². The van der Waals surface area contributed by atoms with Crippen LogP contribution < -0.4 is 5.32 Å². The second kappa shape index (κ2) is 4.74. The predicted octanol–water partition coefficient (Wildman–Crippen LogP) is 0.827. The number of likely N-dealkylation sites (tertiary alicyclic amines) is 1. The Bertz CT molecular complexity index is 349. The molecule has 0 bridgehead atoms. The van der Waals surface area contributed by atoms with Gasteiger partial charge in [-0.2, -0.15) is 4.98 Å². The van der Waals surface area contributed by atoms with Gasteiger partial charge in [0.15, 0.2) is 6.33 Å². The fourth-order valence-electron chi connectivity index (χ4n) is 2.81. The maximum absolute atomic E-state index is 4.98. The third-order valence-electron chi connectivity index (χ3n) is 3.82. The molecule has 2 heterocycles. The van der Waals surface area contributed by atoms with E-state index in [1.807, 2.05) is 0 Å². The van der Waals surface area contributed by atoms with Gasteiger partial charge >= 0.3 is 0 Å². The molecule has 1 aliphatic heterocycles. The Morgan fingerprint density at radius 3 is 3.12 bits per heavy atom. The maximum Gasteiger partial charge on any atom is 0.227 e. The van der Waals surface area contributed by atoms with Crippen molar-refractivity contribution in [2.45, 2.75) is 50.7 Å². The van der Waals surface area contributed by atoms with Crippen molar-refractivity contribution in [2.75, 3.05) is 13.1 Å². The lowest BCUT2D eigenvalue weighted by Gasteiger charge is -2.19. The maximum atomic E-state index is 4.98. The Morgan fingerprint density at radius 1 is 1.53 bits per heavy atom. The summed E-state index contributed by atoms with van der Waals surface area (Å²) < 4.78 is 4.98. The molecule has 1 aromatic rings. The average Bonchev–Trinajstić information content (AvgIpc) is 2.89. The minimum Gasteiger partial charge on any atom is -0.340 e. The average molecular weight is 236 g/mol. The van der Waals surface area contributed by atoms with Crippen molar-refractivity contribution in [3.8, 4) is 0 Å². The van der Waals surface area contributed by atoms with Crippen molar-refractivity contribution < 1.29 is 4.52 Å². The zero-order chi connectivity index (χ0) is 11.7. The lowest BCUT2D eigenvalue weighted by atomic mass is 10.2. The van der Waals surface area contributed by atoms with Gasteiger partial charge in [0.2, 0.25) is 5.89 Å². The third-order valence-corrected chi connectivity index (χ3v) is 3.82. The van der Waals surface area contributed by atoms with E-state index < -0.39 is 0 Å². The van der Waals surface area contributed by atoms with Crippen molar-refractivity contribution in [2.24, 2.45) is 0 Å². The SMILES string of the molecule is CC1CC(NCCc2ncno2)CN1C1CC1. The smallest absolute Gasteiger partial charge is 0.227 e. The first-order valence-corrected chi connectivity index (χ1v) is 6.57. The van der Waals surface area contributed by atoms with Gasteiger partial charge in [-0.25, -0.2) is 0 Å². The van der Waals surface area contributed by atoms with Gasteiger partial charge in [0.05, 0.1) is 0 Å². The minimum atomic E-state index is 0.633. The van der Waals surface area contributed by atoms with E-state index in [9.17, 15) is 0 Å². The number of nitrogens with zero attached hydrogens (tertiary/aromatic N) is 3. The highest BCUT2D eigenvalue weighted by molar-refractivity contribution is 4.96. The Hall–Kier alpha value is -0.940. The lowest BCUT2D eigenvalue weighted by molar-refractivity contribution is 0.255. The summed E-state index contributed by atoms with van der Waals surface area (Å²) in [6.07, 6.45) is 6.36. The molecule has 2 unspecified atom stereocenters. The Morgan fingerprint density at radius 2 is 2.41 bits per heavy atom. The van der Waals surface area contributed by atoms with Crippen LogP contribution in [0.3, 0.4) is 0 Å². The minimum absolute atomic E-state index is 0.633. The summed E-state index contributed by atoms with van der Waals surface area (Å²) in [5, 5.41) is 7.20. The fraction of sp³-hybridized carbons (Fsp3) is 0.833. The first-order valence-electron chi connectivity index (χ1n) is 6.57. The molecule has 1 aliphatic carbocycles. The van der Waals surface area contributed by atoms with Crippen LogP contribution in [0.5, 0.6) is 0 Å². The van der Waals surface area contributed by atoms with Crippen LogP contribution in [0.4, 0.5) is 0 Å². The summed E-state index contributed by atoms with van der Waals surface area (Å²) >= 11 is 0. The van der Waals surface area contributed by atoms with Crippen LogP contribution >= 0.6 is 0 Å². The molecule has 1 N–H and O–H groups in total. The molecule has 1 saturated carbocycles. The number of rotatable bonds is 5. The van der Waals surface area contributed by atoms with Crippen LogP contribution in [0.1, 0.15) is 32.1 Å². The normalized spacial score (nSPS) is 29.9. The van der Waals surface area contributed by atoms with E-state index in [0.717, 1.165) is 30.9 Å². The largest absolute Gasteiger partial charge is 0.340 e. The third kappa shape index (κ3) is 2.66. The van der Waals surface area contributed by atoms with E-state index in [-0.39, 0.29) is 0 Å². The van der Waals surface area contributed by atoms with E-state index in [2.05, 4.69) is 27.3 Å². The molecule has 0 spiro atoms. The Labute approximate surface area is 102 Å². The number of nitrogens with one attached hydrogen (secondary N) is 1. The molecule has 0 radical (unpaired) electrons. The molecule has 94 valence electrons. The van der Waals surface area contributed by atoms with E-state index in [4.69, 9.17) is 4.52 Å². The molecule has 3 rings (SSSR count). The molecule has 1 saturated heterocycles. The summed E-state index contributed by atoms with van der Waals surface area (Å²) in [6.45, 7) is 4.48. The lowest BCUT2D eigenvalue weighted by Crippen LogP contribution is -2.35. The van der Waals surface area contributed by atoms with Gasteiger partial charge in [-0.15, -0.1) is 0 Å². The summed E-state index contributed by atoms with van der Waals surface area (Å²) in [7, 11) is 0. The highest BCUT2D eigenvalue weighted by Crippen LogP contribution is 2.33. The zero-order valence-electron chi connectivity index (χ0n) is 10.3. The first kappa shape index (κ1) is 11.2. The van der Waals surface area contributed by atoms with Gasteiger partial charge < -0.3 is 9.84 Å². The summed E-state index contributed by atoms with van der Waals surface area (Å²) in [5.74, 6) is 0.725. The summed E-state index contributed by atoms with van der Waals surface area (Å²) in [5.41, 5.74) is 0. The van der Waals surface area contributed by atoms with Crippen molar-refractivity contribution >= 4 is 0 Å². The molecule has 1 aromatic heterocycles. The quantitative estimate of drug-likeness (QED) is 0.820. The van der Waals surface area contributed by atoms with E-state index in [1.54, 1.807) is 0 Å². The van der Waals surface area contributed by atoms with Gasteiger partial charge in [0, 0.05) is 37.6 Å². The zero-order valence-corrected chi connectivity index (χ0v) is 10.3. The van der Waals surface area contributed by atoms with Gasteiger partial charge in [0.1, 0.15) is 0 Å². The Balaban J connectivity index is 1.41. The van der Waals surface area contributed by atoms with Crippen LogP contribution in [-0.4, -0.2) is 46.3 Å². The monoisotopic (exact) mass is 236 g/mol. The molecule has 0 aromatic carbocycles. The highest BCUT2D eigenvalue weighted by Gasteiger charge is 2.38. The van der Waals surface area contributed by atoms with Crippen molar-refractivity contribution in [3.63, 3.8) is 0 Å². The highest BCUT2D eigenvalue weighted by atomic mass is 16.5.